The molecule has 0 aliphatic carbocycles. The van der Waals surface area contributed by atoms with E-state index in [1.165, 1.54) is 6.07 Å². The predicted octanol–water partition coefficient (Wildman–Crippen LogP) is 4.49. The van der Waals surface area contributed by atoms with Crippen molar-refractivity contribution in [1.29, 1.82) is 0 Å². The Morgan fingerprint density at radius 2 is 1.95 bits per heavy atom. The van der Waals surface area contributed by atoms with Gasteiger partial charge in [-0.1, -0.05) is 35.9 Å². The average Bonchev–Trinajstić information content (AvgIpc) is 2.41. The molecule has 0 bridgehead atoms. The van der Waals surface area contributed by atoms with Crippen LogP contribution in [0.2, 0.25) is 5.02 Å². The van der Waals surface area contributed by atoms with Crippen LogP contribution in [0, 0.1) is 5.82 Å². The third-order valence-electron chi connectivity index (χ3n) is 2.77. The number of halogens is 2. The molecule has 0 atom stereocenters. The Labute approximate surface area is 122 Å². The van der Waals surface area contributed by atoms with E-state index in [1.807, 2.05) is 37.4 Å². The summed E-state index contributed by atoms with van der Waals surface area (Å²) >= 11 is 7.73. The van der Waals surface area contributed by atoms with Gasteiger partial charge < -0.3 is 5.32 Å². The van der Waals surface area contributed by atoms with Gasteiger partial charge in [0.25, 0.3) is 0 Å². The van der Waals surface area contributed by atoms with E-state index in [0.717, 1.165) is 21.2 Å². The maximum Gasteiger partial charge on any atom is 0.128 e. The summed E-state index contributed by atoms with van der Waals surface area (Å²) in [6.07, 6.45) is 0. The number of rotatable bonds is 5. The lowest BCUT2D eigenvalue weighted by Crippen LogP contribution is -2.08. The van der Waals surface area contributed by atoms with Crippen LogP contribution in [0.3, 0.4) is 0 Å². The van der Waals surface area contributed by atoms with Crippen LogP contribution in [-0.2, 0) is 12.3 Å². The molecule has 0 fully saturated rings. The van der Waals surface area contributed by atoms with Crippen LogP contribution >= 0.6 is 23.4 Å². The molecule has 0 radical (unpaired) electrons. The number of hydrogen-bond acceptors (Lipinski definition) is 2. The van der Waals surface area contributed by atoms with Crippen LogP contribution in [0.4, 0.5) is 4.39 Å². The first kappa shape index (κ1) is 14.4. The fraction of sp³-hybridized carbons (Fsp3) is 0.200. The summed E-state index contributed by atoms with van der Waals surface area (Å²) in [4.78, 5) is 0.953. The standard InChI is InChI=1S/C15H15ClFNS/c1-18-9-12-14(17)7-4-8-15(12)19-10-11-5-2-3-6-13(11)16/h2-8,18H,9-10H2,1H3. The summed E-state index contributed by atoms with van der Waals surface area (Å²) in [5.41, 5.74) is 1.77. The zero-order chi connectivity index (χ0) is 13.7. The highest BCUT2D eigenvalue weighted by molar-refractivity contribution is 7.98. The van der Waals surface area contributed by atoms with E-state index in [-0.39, 0.29) is 5.82 Å². The molecule has 2 aromatic rings. The van der Waals surface area contributed by atoms with Crippen molar-refractivity contribution in [3.63, 3.8) is 0 Å². The van der Waals surface area contributed by atoms with E-state index in [0.29, 0.717) is 12.1 Å². The number of nitrogens with one attached hydrogen (secondary N) is 1. The third kappa shape index (κ3) is 3.72. The lowest BCUT2D eigenvalue weighted by Gasteiger charge is -2.10. The Bertz CT molecular complexity index is 560. The van der Waals surface area contributed by atoms with E-state index in [1.54, 1.807) is 17.8 Å². The van der Waals surface area contributed by atoms with Crippen molar-refractivity contribution in [3.05, 3.63) is 64.4 Å². The Hall–Kier alpha value is -1.03. The van der Waals surface area contributed by atoms with Gasteiger partial charge in [0.15, 0.2) is 0 Å². The minimum absolute atomic E-state index is 0.168. The fourth-order valence-electron chi connectivity index (χ4n) is 1.79. The average molecular weight is 296 g/mol. The van der Waals surface area contributed by atoms with Crippen LogP contribution in [-0.4, -0.2) is 7.05 Å². The normalized spacial score (nSPS) is 10.7. The van der Waals surface area contributed by atoms with Gasteiger partial charge in [0.1, 0.15) is 5.82 Å². The van der Waals surface area contributed by atoms with Crippen LogP contribution in [0.25, 0.3) is 0 Å². The molecule has 0 unspecified atom stereocenters. The maximum atomic E-state index is 13.8. The predicted molar refractivity (Wildman–Crippen MR) is 80.2 cm³/mol. The van der Waals surface area contributed by atoms with Crippen molar-refractivity contribution in [2.75, 3.05) is 7.05 Å². The summed E-state index contributed by atoms with van der Waals surface area (Å²) < 4.78 is 13.8. The Morgan fingerprint density at radius 3 is 2.68 bits per heavy atom. The smallest absolute Gasteiger partial charge is 0.128 e. The first-order valence-electron chi connectivity index (χ1n) is 6.00. The van der Waals surface area contributed by atoms with E-state index in [4.69, 9.17) is 11.6 Å². The molecule has 0 aromatic heterocycles. The second-order valence-electron chi connectivity index (χ2n) is 4.13. The van der Waals surface area contributed by atoms with E-state index in [9.17, 15) is 4.39 Å². The summed E-state index contributed by atoms with van der Waals surface area (Å²) in [6.45, 7) is 0.525. The molecule has 2 rings (SSSR count). The Kier molecular flexibility index (Phi) is 5.25. The second kappa shape index (κ2) is 6.94. The first-order chi connectivity index (χ1) is 9.22. The number of hydrogen-bond donors (Lipinski definition) is 1. The van der Waals surface area contributed by atoms with Crippen LogP contribution in [0.15, 0.2) is 47.4 Å². The van der Waals surface area contributed by atoms with Crippen LogP contribution < -0.4 is 5.32 Å². The van der Waals surface area contributed by atoms with Gasteiger partial charge in [0.2, 0.25) is 0 Å². The summed E-state index contributed by atoms with van der Waals surface area (Å²) in [7, 11) is 1.81. The molecule has 1 nitrogen and oxygen atoms in total. The van der Waals surface area contributed by atoms with Crippen LogP contribution in [0.1, 0.15) is 11.1 Å². The second-order valence-corrected chi connectivity index (χ2v) is 5.55. The molecule has 100 valence electrons. The zero-order valence-electron chi connectivity index (χ0n) is 10.6. The molecule has 0 spiro atoms. The van der Waals surface area contributed by atoms with E-state index >= 15 is 0 Å². The highest BCUT2D eigenvalue weighted by atomic mass is 35.5. The van der Waals surface area contributed by atoms with Crippen molar-refractivity contribution in [2.45, 2.75) is 17.2 Å². The number of benzene rings is 2. The van der Waals surface area contributed by atoms with Gasteiger partial charge >= 0.3 is 0 Å². The molecule has 2 aromatic carbocycles. The molecule has 1 N–H and O–H groups in total. The van der Waals surface area contributed by atoms with Gasteiger partial charge in [-0.25, -0.2) is 4.39 Å². The lowest BCUT2D eigenvalue weighted by atomic mass is 10.2. The van der Waals surface area contributed by atoms with Crippen molar-refractivity contribution in [1.82, 2.24) is 5.32 Å². The van der Waals surface area contributed by atoms with Gasteiger partial charge in [-0.3, -0.25) is 0 Å². The molecule has 0 amide bonds. The van der Waals surface area contributed by atoms with Gasteiger partial charge in [-0.15, -0.1) is 11.8 Å². The van der Waals surface area contributed by atoms with Gasteiger partial charge in [-0.2, -0.15) is 0 Å². The van der Waals surface area contributed by atoms with E-state index < -0.39 is 0 Å². The maximum absolute atomic E-state index is 13.8. The fourth-order valence-corrected chi connectivity index (χ4v) is 3.16. The van der Waals surface area contributed by atoms with E-state index in [2.05, 4.69) is 5.32 Å². The molecule has 0 saturated carbocycles. The van der Waals surface area contributed by atoms with Crippen molar-refractivity contribution < 1.29 is 4.39 Å². The molecule has 0 saturated heterocycles. The molecular formula is C15H15ClFNS. The minimum Gasteiger partial charge on any atom is -0.316 e. The van der Waals surface area contributed by atoms with Crippen LogP contribution in [0.5, 0.6) is 0 Å². The molecular weight excluding hydrogens is 281 g/mol. The molecule has 0 heterocycles. The first-order valence-corrected chi connectivity index (χ1v) is 7.37. The zero-order valence-corrected chi connectivity index (χ0v) is 12.2. The number of thioether (sulfide) groups is 1. The van der Waals surface area contributed by atoms with Crippen molar-refractivity contribution in [3.8, 4) is 0 Å². The topological polar surface area (TPSA) is 12.0 Å². The Morgan fingerprint density at radius 1 is 1.16 bits per heavy atom. The molecule has 0 aliphatic heterocycles. The minimum atomic E-state index is -0.168. The van der Waals surface area contributed by atoms with Crippen molar-refractivity contribution >= 4 is 23.4 Å². The molecule has 4 heteroatoms. The quantitative estimate of drug-likeness (QED) is 0.816. The molecule has 0 aliphatic rings. The highest BCUT2D eigenvalue weighted by Gasteiger charge is 2.09. The monoisotopic (exact) mass is 295 g/mol. The SMILES string of the molecule is CNCc1c(F)cccc1SCc1ccccc1Cl. The lowest BCUT2D eigenvalue weighted by molar-refractivity contribution is 0.594. The largest absolute Gasteiger partial charge is 0.316 e. The summed E-state index contributed by atoms with van der Waals surface area (Å²) in [6, 6.07) is 12.9. The summed E-state index contributed by atoms with van der Waals surface area (Å²) in [5.74, 6) is 0.568. The van der Waals surface area contributed by atoms with Crippen molar-refractivity contribution in [2.24, 2.45) is 0 Å². The summed E-state index contributed by atoms with van der Waals surface area (Å²) in [5, 5.41) is 3.75. The molecule has 19 heavy (non-hydrogen) atoms. The van der Waals surface area contributed by atoms with Gasteiger partial charge in [-0.05, 0) is 30.8 Å². The third-order valence-corrected chi connectivity index (χ3v) is 4.29. The van der Waals surface area contributed by atoms with Gasteiger partial charge in [0.05, 0.1) is 0 Å². The highest BCUT2D eigenvalue weighted by Crippen LogP contribution is 2.30. The van der Waals surface area contributed by atoms with Gasteiger partial charge in [0, 0.05) is 27.8 Å². The Balaban J connectivity index is 2.16.